The Morgan fingerprint density at radius 3 is 2.59 bits per heavy atom. The van der Waals surface area contributed by atoms with Crippen molar-refractivity contribution in [1.29, 1.82) is 0 Å². The summed E-state index contributed by atoms with van der Waals surface area (Å²) < 4.78 is 12.1. The lowest BCUT2D eigenvalue weighted by molar-refractivity contribution is -0.177. The molecule has 0 radical (unpaired) electrons. The maximum Gasteiger partial charge on any atom is 0.172 e. The summed E-state index contributed by atoms with van der Waals surface area (Å²) in [5, 5.41) is 21.3. The van der Waals surface area contributed by atoms with Gasteiger partial charge >= 0.3 is 0 Å². The van der Waals surface area contributed by atoms with E-state index >= 15 is 0 Å². The van der Waals surface area contributed by atoms with E-state index in [0.717, 1.165) is 32.1 Å². The summed E-state index contributed by atoms with van der Waals surface area (Å²) in [5.74, 6) is 4.52. The van der Waals surface area contributed by atoms with Crippen molar-refractivity contribution in [2.45, 2.75) is 56.3 Å². The quantitative estimate of drug-likeness (QED) is 0.505. The topological polar surface area (TPSA) is 58.9 Å². The molecule has 1 aromatic rings. The van der Waals surface area contributed by atoms with Crippen LogP contribution in [0.25, 0.3) is 0 Å². The third-order valence-corrected chi connectivity index (χ3v) is 9.47. The monoisotopic (exact) mass is 432 g/mol. The van der Waals surface area contributed by atoms with E-state index in [-0.39, 0.29) is 17.6 Å². The SMILES string of the molecule is C#C[C@]1(O)C=C[C@H]2[C@@H]3CC=C4CC5(CC[C@@H]4[C@H]3[C@@H](c3ccc(O)cc3)C[C@@]21C)OCCO5. The first kappa shape index (κ1) is 20.5. The van der Waals surface area contributed by atoms with Gasteiger partial charge < -0.3 is 19.7 Å². The Bertz CT molecular complexity index is 1010. The van der Waals surface area contributed by atoms with Gasteiger partial charge in [-0.2, -0.15) is 0 Å². The van der Waals surface area contributed by atoms with Crippen LogP contribution in [0.2, 0.25) is 0 Å². The number of ether oxygens (including phenoxy) is 2. The molecule has 4 aliphatic carbocycles. The molecule has 2 saturated carbocycles. The lowest BCUT2D eigenvalue weighted by Crippen LogP contribution is -2.55. The van der Waals surface area contributed by atoms with Gasteiger partial charge in [0, 0.05) is 18.3 Å². The molecule has 32 heavy (non-hydrogen) atoms. The normalized spacial score (nSPS) is 43.8. The second kappa shape index (κ2) is 6.97. The zero-order valence-electron chi connectivity index (χ0n) is 18.7. The van der Waals surface area contributed by atoms with Gasteiger partial charge in [-0.3, -0.25) is 0 Å². The minimum atomic E-state index is -1.22. The van der Waals surface area contributed by atoms with Crippen LogP contribution in [-0.4, -0.2) is 34.8 Å². The Morgan fingerprint density at radius 1 is 1.12 bits per heavy atom. The van der Waals surface area contributed by atoms with Crippen LogP contribution >= 0.6 is 0 Å². The standard InChI is InChI=1S/C28H32O4/c1-3-27(30)12-11-24-22-9-6-19-16-28(31-14-15-32-28)13-10-21(19)25(22)23(17-26(24,27)2)18-4-7-20(29)8-5-18/h1,4-8,11-12,21-25,29-30H,9-10,13-17H2,2H3/t21-,22-,23+,24-,25+,26-,27-/m0/s1. The third-order valence-electron chi connectivity index (χ3n) is 9.47. The number of allylic oxidation sites excluding steroid dienone is 2. The van der Waals surface area contributed by atoms with E-state index in [2.05, 4.69) is 37.1 Å². The third kappa shape index (κ3) is 2.75. The fraction of sp³-hybridized carbons (Fsp3) is 0.571. The minimum Gasteiger partial charge on any atom is -0.508 e. The van der Waals surface area contributed by atoms with E-state index in [1.54, 1.807) is 12.1 Å². The summed E-state index contributed by atoms with van der Waals surface area (Å²) in [6.45, 7) is 3.56. The van der Waals surface area contributed by atoms with Gasteiger partial charge in [-0.1, -0.05) is 42.7 Å². The molecule has 6 rings (SSSR count). The maximum absolute atomic E-state index is 11.4. The molecule has 0 unspecified atom stereocenters. The molecule has 3 fully saturated rings. The summed E-state index contributed by atoms with van der Waals surface area (Å²) >= 11 is 0. The van der Waals surface area contributed by atoms with Crippen molar-refractivity contribution in [2.24, 2.45) is 29.1 Å². The molecule has 1 heterocycles. The number of rotatable bonds is 1. The average Bonchev–Trinajstić information content (AvgIpc) is 3.35. The van der Waals surface area contributed by atoms with Gasteiger partial charge in [-0.25, -0.2) is 0 Å². The van der Waals surface area contributed by atoms with E-state index in [1.807, 2.05) is 6.08 Å². The Labute approximate surface area is 190 Å². The van der Waals surface area contributed by atoms with Gasteiger partial charge in [-0.15, -0.1) is 6.42 Å². The molecule has 1 saturated heterocycles. The summed E-state index contributed by atoms with van der Waals surface area (Å²) in [6, 6.07) is 7.69. The second-order valence-corrected chi connectivity index (χ2v) is 10.8. The lowest BCUT2D eigenvalue weighted by Gasteiger charge is -2.58. The van der Waals surface area contributed by atoms with Crippen LogP contribution in [0.1, 0.15) is 50.5 Å². The van der Waals surface area contributed by atoms with Crippen molar-refractivity contribution in [3.05, 3.63) is 53.6 Å². The summed E-state index contributed by atoms with van der Waals surface area (Å²) in [5.41, 5.74) is 1.11. The lowest BCUT2D eigenvalue weighted by atomic mass is 9.47. The second-order valence-electron chi connectivity index (χ2n) is 10.8. The molecule has 0 aromatic heterocycles. The van der Waals surface area contributed by atoms with Gasteiger partial charge in [0.05, 0.1) is 13.2 Å². The predicted octanol–water partition coefficient (Wildman–Crippen LogP) is 4.54. The van der Waals surface area contributed by atoms with Crippen LogP contribution in [0.4, 0.5) is 0 Å². The molecular weight excluding hydrogens is 400 g/mol. The first-order valence-corrected chi connectivity index (χ1v) is 12.0. The molecule has 2 N–H and O–H groups in total. The molecule has 4 heteroatoms. The highest BCUT2D eigenvalue weighted by Gasteiger charge is 2.62. The van der Waals surface area contributed by atoms with Crippen molar-refractivity contribution >= 4 is 0 Å². The van der Waals surface area contributed by atoms with Crippen molar-refractivity contribution in [3.8, 4) is 18.1 Å². The number of hydrogen-bond acceptors (Lipinski definition) is 4. The van der Waals surface area contributed by atoms with E-state index in [1.165, 1.54) is 11.1 Å². The Balaban J connectivity index is 1.42. The van der Waals surface area contributed by atoms with Gasteiger partial charge in [0.2, 0.25) is 0 Å². The molecule has 1 spiro atoms. The number of phenolic OH excluding ortho intramolecular Hbond substituents is 1. The van der Waals surface area contributed by atoms with Crippen LogP contribution in [0, 0.1) is 41.4 Å². The minimum absolute atomic E-state index is 0.259. The Kier molecular flexibility index (Phi) is 4.47. The van der Waals surface area contributed by atoms with Gasteiger partial charge in [0.25, 0.3) is 0 Å². The number of terminal acetylenes is 1. The van der Waals surface area contributed by atoms with Crippen molar-refractivity contribution < 1.29 is 19.7 Å². The van der Waals surface area contributed by atoms with Crippen molar-refractivity contribution in [2.75, 3.05) is 13.2 Å². The smallest absolute Gasteiger partial charge is 0.172 e. The molecule has 0 amide bonds. The highest BCUT2D eigenvalue weighted by molar-refractivity contribution is 5.39. The molecular formula is C28H32O4. The van der Waals surface area contributed by atoms with Crippen LogP contribution < -0.4 is 0 Å². The first-order valence-electron chi connectivity index (χ1n) is 12.0. The largest absolute Gasteiger partial charge is 0.508 e. The summed E-state index contributed by atoms with van der Waals surface area (Å²) in [4.78, 5) is 0. The zero-order valence-corrected chi connectivity index (χ0v) is 18.7. The Hall–Kier alpha value is -2.06. The summed E-state index contributed by atoms with van der Waals surface area (Å²) in [7, 11) is 0. The highest BCUT2D eigenvalue weighted by atomic mass is 16.7. The molecule has 1 aliphatic heterocycles. The summed E-state index contributed by atoms with van der Waals surface area (Å²) in [6.07, 6.45) is 17.1. The van der Waals surface area contributed by atoms with Crippen molar-refractivity contribution in [3.63, 3.8) is 0 Å². The molecule has 0 bridgehead atoms. The number of aromatic hydroxyl groups is 1. The molecule has 168 valence electrons. The first-order chi connectivity index (χ1) is 15.4. The van der Waals surface area contributed by atoms with E-state index in [0.29, 0.717) is 31.0 Å². The zero-order chi connectivity index (χ0) is 22.1. The highest BCUT2D eigenvalue weighted by Crippen LogP contribution is 2.66. The van der Waals surface area contributed by atoms with E-state index < -0.39 is 16.8 Å². The fourth-order valence-electron chi connectivity index (χ4n) is 7.88. The molecule has 4 nitrogen and oxygen atoms in total. The van der Waals surface area contributed by atoms with Crippen LogP contribution in [0.15, 0.2) is 48.1 Å². The molecule has 1 aromatic carbocycles. The molecule has 5 aliphatic rings. The van der Waals surface area contributed by atoms with Gasteiger partial charge in [0.15, 0.2) is 5.79 Å². The van der Waals surface area contributed by atoms with E-state index in [4.69, 9.17) is 15.9 Å². The van der Waals surface area contributed by atoms with Gasteiger partial charge in [-0.05, 0) is 72.6 Å². The average molecular weight is 433 g/mol. The Morgan fingerprint density at radius 2 is 1.88 bits per heavy atom. The number of phenols is 1. The fourth-order valence-corrected chi connectivity index (χ4v) is 7.88. The number of hydrogen-bond donors (Lipinski definition) is 2. The number of fused-ring (bicyclic) bond motifs is 5. The van der Waals surface area contributed by atoms with Crippen LogP contribution in [-0.2, 0) is 9.47 Å². The van der Waals surface area contributed by atoms with Crippen molar-refractivity contribution in [1.82, 2.24) is 0 Å². The number of aliphatic hydroxyl groups is 1. The maximum atomic E-state index is 11.4. The van der Waals surface area contributed by atoms with E-state index in [9.17, 15) is 10.2 Å². The van der Waals surface area contributed by atoms with Crippen LogP contribution in [0.3, 0.4) is 0 Å². The van der Waals surface area contributed by atoms with Gasteiger partial charge in [0.1, 0.15) is 11.4 Å². The predicted molar refractivity (Wildman–Crippen MR) is 122 cm³/mol. The molecule has 7 atom stereocenters. The van der Waals surface area contributed by atoms with Crippen LogP contribution in [0.5, 0.6) is 5.75 Å². The number of benzene rings is 1.